The Morgan fingerprint density at radius 1 is 1.40 bits per heavy atom. The summed E-state index contributed by atoms with van der Waals surface area (Å²) in [6.45, 7) is -0.187. The molecule has 0 aliphatic heterocycles. The minimum atomic E-state index is -3.23. The zero-order valence-electron chi connectivity index (χ0n) is 8.21. The largest absolute Gasteiger partial charge is 0.265 e. The molecule has 1 aromatic carbocycles. The maximum atomic E-state index is 11.2. The molecule has 0 N–H and O–H groups in total. The van der Waals surface area contributed by atoms with Gasteiger partial charge in [-0.3, -0.25) is 10.1 Å². The van der Waals surface area contributed by atoms with Crippen LogP contribution in [-0.2, 0) is 16.3 Å². The van der Waals surface area contributed by atoms with Crippen LogP contribution in [-0.4, -0.2) is 26.1 Å². The summed E-state index contributed by atoms with van der Waals surface area (Å²) < 4.78 is 22.4. The van der Waals surface area contributed by atoms with Crippen LogP contribution in [0.4, 0.5) is 0 Å². The highest BCUT2D eigenvalue weighted by atomic mass is 32.2. The van der Waals surface area contributed by atoms with Gasteiger partial charge in [0.05, 0.1) is 4.90 Å². The van der Waals surface area contributed by atoms with Crippen molar-refractivity contribution < 1.29 is 13.3 Å². The molecule has 0 heterocycles. The summed E-state index contributed by atoms with van der Waals surface area (Å²) in [5, 5.41) is 10.1. The van der Waals surface area contributed by atoms with E-state index in [9.17, 15) is 18.5 Å². The van der Waals surface area contributed by atoms with Gasteiger partial charge in [-0.05, 0) is 17.7 Å². The first-order valence-electron chi connectivity index (χ1n) is 4.30. The molecule has 0 bridgehead atoms. The number of rotatable bonds is 4. The van der Waals surface area contributed by atoms with E-state index in [1.54, 1.807) is 12.1 Å². The van der Waals surface area contributed by atoms with E-state index in [0.29, 0.717) is 5.56 Å². The third-order valence-electron chi connectivity index (χ3n) is 1.91. The molecule has 0 amide bonds. The second kappa shape index (κ2) is 4.39. The Balaban J connectivity index is 2.89. The second-order valence-corrected chi connectivity index (χ2v) is 5.24. The first-order chi connectivity index (χ1) is 6.89. The molecule has 0 saturated heterocycles. The van der Waals surface area contributed by atoms with E-state index < -0.39 is 14.8 Å². The van der Waals surface area contributed by atoms with Crippen LogP contribution in [0.5, 0.6) is 0 Å². The summed E-state index contributed by atoms with van der Waals surface area (Å²) in [6.07, 6.45) is 1.36. The van der Waals surface area contributed by atoms with Crippen molar-refractivity contribution in [1.29, 1.82) is 0 Å². The van der Waals surface area contributed by atoms with Crippen LogP contribution in [0, 0.1) is 10.1 Å². The molecule has 5 nitrogen and oxygen atoms in total. The molecule has 15 heavy (non-hydrogen) atoms. The summed E-state index contributed by atoms with van der Waals surface area (Å²) in [6, 6.07) is 6.22. The molecule has 0 spiro atoms. The van der Waals surface area contributed by atoms with Crippen molar-refractivity contribution in [2.75, 3.05) is 12.8 Å². The lowest BCUT2D eigenvalue weighted by molar-refractivity contribution is -0.479. The van der Waals surface area contributed by atoms with Crippen LogP contribution in [0.3, 0.4) is 0 Å². The molecule has 0 atom stereocenters. The second-order valence-electron chi connectivity index (χ2n) is 3.23. The van der Waals surface area contributed by atoms with Crippen molar-refractivity contribution in [3.05, 3.63) is 39.9 Å². The summed E-state index contributed by atoms with van der Waals surface area (Å²) in [5.41, 5.74) is 0.662. The monoisotopic (exact) mass is 229 g/mol. The molecule has 0 aliphatic carbocycles. The molecular weight excluding hydrogens is 218 g/mol. The van der Waals surface area contributed by atoms with Gasteiger partial charge < -0.3 is 0 Å². The van der Waals surface area contributed by atoms with E-state index in [1.165, 1.54) is 12.1 Å². The van der Waals surface area contributed by atoms with Crippen molar-refractivity contribution >= 4 is 9.84 Å². The average Bonchev–Trinajstić information content (AvgIpc) is 2.14. The van der Waals surface area contributed by atoms with E-state index in [4.69, 9.17) is 0 Å². The van der Waals surface area contributed by atoms with E-state index in [2.05, 4.69) is 0 Å². The Morgan fingerprint density at radius 3 is 2.60 bits per heavy atom. The van der Waals surface area contributed by atoms with Gasteiger partial charge in [0.1, 0.15) is 0 Å². The zero-order chi connectivity index (χ0) is 11.5. The SMILES string of the molecule is CS(=O)(=O)c1cccc(CC[N+](=O)[O-])c1. The first-order valence-corrected chi connectivity index (χ1v) is 6.19. The van der Waals surface area contributed by atoms with Gasteiger partial charge in [0.25, 0.3) is 0 Å². The quantitative estimate of drug-likeness (QED) is 0.568. The number of hydrogen-bond donors (Lipinski definition) is 0. The Hall–Kier alpha value is -1.43. The normalized spacial score (nSPS) is 11.3. The van der Waals surface area contributed by atoms with Gasteiger partial charge in [0, 0.05) is 17.6 Å². The highest BCUT2D eigenvalue weighted by molar-refractivity contribution is 7.90. The lowest BCUT2D eigenvalue weighted by Crippen LogP contribution is -2.05. The molecule has 0 aromatic heterocycles. The van der Waals surface area contributed by atoms with Crippen molar-refractivity contribution in [3.8, 4) is 0 Å². The van der Waals surface area contributed by atoms with Crippen LogP contribution in [0.25, 0.3) is 0 Å². The van der Waals surface area contributed by atoms with Gasteiger partial charge in [0.15, 0.2) is 9.84 Å². The van der Waals surface area contributed by atoms with Gasteiger partial charge in [-0.15, -0.1) is 0 Å². The van der Waals surface area contributed by atoms with Crippen LogP contribution in [0.1, 0.15) is 5.56 Å². The highest BCUT2D eigenvalue weighted by Gasteiger charge is 2.08. The molecular formula is C9H11NO4S. The van der Waals surface area contributed by atoms with E-state index in [0.717, 1.165) is 6.26 Å². The topological polar surface area (TPSA) is 77.3 Å². The summed E-state index contributed by atoms with van der Waals surface area (Å²) in [7, 11) is -3.23. The van der Waals surface area contributed by atoms with E-state index in [1.807, 2.05) is 0 Å². The number of benzene rings is 1. The van der Waals surface area contributed by atoms with Gasteiger partial charge in [-0.25, -0.2) is 8.42 Å². The number of nitrogens with zero attached hydrogens (tertiary/aromatic N) is 1. The minimum absolute atomic E-state index is 0.187. The standard InChI is InChI=1S/C9H11NO4S/c1-15(13,14)9-4-2-3-8(7-9)5-6-10(11)12/h2-4,7H,5-6H2,1H3. The number of hydrogen-bond acceptors (Lipinski definition) is 4. The average molecular weight is 229 g/mol. The molecule has 82 valence electrons. The van der Waals surface area contributed by atoms with Crippen LogP contribution < -0.4 is 0 Å². The van der Waals surface area contributed by atoms with Crippen molar-refractivity contribution in [3.63, 3.8) is 0 Å². The predicted molar refractivity (Wildman–Crippen MR) is 55.1 cm³/mol. The van der Waals surface area contributed by atoms with Crippen molar-refractivity contribution in [2.45, 2.75) is 11.3 Å². The fraction of sp³-hybridized carbons (Fsp3) is 0.333. The molecule has 0 aliphatic rings. The third kappa shape index (κ3) is 3.67. The Morgan fingerprint density at radius 2 is 2.07 bits per heavy atom. The molecule has 0 radical (unpaired) electrons. The lowest BCUT2D eigenvalue weighted by atomic mass is 10.1. The molecule has 6 heteroatoms. The Bertz CT molecular complexity index is 467. The van der Waals surface area contributed by atoms with Crippen LogP contribution in [0.15, 0.2) is 29.2 Å². The van der Waals surface area contributed by atoms with Crippen molar-refractivity contribution in [2.24, 2.45) is 0 Å². The van der Waals surface area contributed by atoms with E-state index >= 15 is 0 Å². The molecule has 0 unspecified atom stereocenters. The molecule has 1 rings (SSSR count). The fourth-order valence-corrected chi connectivity index (χ4v) is 1.84. The van der Waals surface area contributed by atoms with E-state index in [-0.39, 0.29) is 17.9 Å². The molecule has 0 saturated carbocycles. The van der Waals surface area contributed by atoms with Crippen LogP contribution in [0.2, 0.25) is 0 Å². The maximum Gasteiger partial charge on any atom is 0.207 e. The van der Waals surface area contributed by atoms with Gasteiger partial charge in [-0.2, -0.15) is 0 Å². The number of nitro groups is 1. The Kier molecular flexibility index (Phi) is 3.41. The molecule has 1 aromatic rings. The van der Waals surface area contributed by atoms with Gasteiger partial charge in [0.2, 0.25) is 6.54 Å². The molecule has 0 fully saturated rings. The fourth-order valence-electron chi connectivity index (χ4n) is 1.15. The summed E-state index contributed by atoms with van der Waals surface area (Å²) >= 11 is 0. The number of sulfone groups is 1. The maximum absolute atomic E-state index is 11.2. The predicted octanol–water partition coefficient (Wildman–Crippen LogP) is 0.909. The highest BCUT2D eigenvalue weighted by Crippen LogP contribution is 2.11. The van der Waals surface area contributed by atoms with Crippen LogP contribution >= 0.6 is 0 Å². The smallest absolute Gasteiger partial charge is 0.207 e. The van der Waals surface area contributed by atoms with Gasteiger partial charge >= 0.3 is 0 Å². The van der Waals surface area contributed by atoms with Gasteiger partial charge in [-0.1, -0.05) is 12.1 Å². The van der Waals surface area contributed by atoms with Crippen molar-refractivity contribution in [1.82, 2.24) is 0 Å². The zero-order valence-corrected chi connectivity index (χ0v) is 9.03. The minimum Gasteiger partial charge on any atom is -0.265 e. The lowest BCUT2D eigenvalue weighted by Gasteiger charge is -2.01. The summed E-state index contributed by atoms with van der Waals surface area (Å²) in [5.74, 6) is 0. The Labute approximate surface area is 87.8 Å². The third-order valence-corrected chi connectivity index (χ3v) is 3.02. The first kappa shape index (κ1) is 11.6. The summed E-state index contributed by atoms with van der Waals surface area (Å²) in [4.78, 5) is 9.92.